The molecule has 9 nitrogen and oxygen atoms in total. The van der Waals surface area contributed by atoms with Crippen LogP contribution in [-0.4, -0.2) is 70.5 Å². The van der Waals surface area contributed by atoms with Crippen molar-refractivity contribution in [3.05, 3.63) is 76.1 Å². The molecule has 1 aromatic carbocycles. The molecule has 222 valence electrons. The van der Waals surface area contributed by atoms with Crippen LogP contribution in [0.4, 0.5) is 21.6 Å². The Balaban J connectivity index is 1.12. The predicted octanol–water partition coefficient (Wildman–Crippen LogP) is 4.54. The smallest absolute Gasteiger partial charge is 0.259 e. The molecule has 3 fully saturated rings. The number of piperidine rings is 1. The highest BCUT2D eigenvalue weighted by Gasteiger charge is 2.49. The number of aryl methyl sites for hydroxylation is 1. The molecule has 3 N–H and O–H groups in total. The summed E-state index contributed by atoms with van der Waals surface area (Å²) in [4.78, 5) is 29.8. The minimum atomic E-state index is -0.305. The summed E-state index contributed by atoms with van der Waals surface area (Å²) in [6, 6.07) is 11.3. The second-order valence-electron chi connectivity index (χ2n) is 12.7. The molecule has 1 spiro atoms. The molecule has 0 bridgehead atoms. The average molecular weight is 583 g/mol. The SMILES string of the molecule is O=c1[nH]ccc2nc(-c3cc4c(cc3F)CCC4N3CC4(CCOC4)C3)cc(Nc3ccc(N4CCC(O)CC4)cn3)c12. The second-order valence-corrected chi connectivity index (χ2v) is 12.7. The lowest BCUT2D eigenvalue weighted by molar-refractivity contribution is -0.0362. The molecule has 0 saturated carbocycles. The number of nitrogens with one attached hydrogen (secondary N) is 2. The molecule has 3 aromatic heterocycles. The van der Waals surface area contributed by atoms with E-state index in [-0.39, 0.29) is 23.5 Å². The fourth-order valence-electron chi connectivity index (χ4n) is 7.45. The van der Waals surface area contributed by atoms with Gasteiger partial charge in [0.05, 0.1) is 46.9 Å². The van der Waals surface area contributed by atoms with Gasteiger partial charge in [-0.1, -0.05) is 0 Å². The first-order chi connectivity index (χ1) is 20.9. The third kappa shape index (κ3) is 4.77. The number of aromatic nitrogens is 3. The first-order valence-corrected chi connectivity index (χ1v) is 15.3. The molecule has 1 atom stereocenters. The van der Waals surface area contributed by atoms with E-state index in [1.165, 1.54) is 5.56 Å². The summed E-state index contributed by atoms with van der Waals surface area (Å²) in [7, 11) is 0. The normalized spacial score (nSPS) is 21.8. The lowest BCUT2D eigenvalue weighted by Gasteiger charge is -2.50. The minimum absolute atomic E-state index is 0.242. The molecule has 6 heterocycles. The van der Waals surface area contributed by atoms with Gasteiger partial charge >= 0.3 is 0 Å². The monoisotopic (exact) mass is 582 g/mol. The Hall–Kier alpha value is -3.86. The van der Waals surface area contributed by atoms with E-state index in [4.69, 9.17) is 9.72 Å². The standard InChI is InChI=1S/C33H35FN6O3/c34-25-13-20-1-3-29(40-17-33(18-40)8-12-43-19-33)23(20)14-24(25)27-15-28(31-26(37-27)5-9-35-32(31)42)38-30-4-2-21(16-36-30)39-10-6-22(41)7-11-39/h2,4-5,9,13-16,22,29,41H,1,3,6-8,10-12,17-19H2,(H,35,42)(H,36,37,38). The predicted molar refractivity (Wildman–Crippen MR) is 163 cm³/mol. The van der Waals surface area contributed by atoms with Crippen molar-refractivity contribution in [3.63, 3.8) is 0 Å². The number of fused-ring (bicyclic) bond motifs is 2. The molecule has 3 saturated heterocycles. The van der Waals surface area contributed by atoms with Crippen LogP contribution in [-0.2, 0) is 11.2 Å². The number of aliphatic hydroxyl groups is 1. The molecule has 1 aliphatic carbocycles. The quantitative estimate of drug-likeness (QED) is 0.315. The van der Waals surface area contributed by atoms with E-state index >= 15 is 4.39 Å². The van der Waals surface area contributed by atoms with Crippen LogP contribution >= 0.6 is 0 Å². The minimum Gasteiger partial charge on any atom is -0.393 e. The number of H-pyrrole nitrogens is 1. The fourth-order valence-corrected chi connectivity index (χ4v) is 7.45. The van der Waals surface area contributed by atoms with Gasteiger partial charge in [0.25, 0.3) is 5.56 Å². The Morgan fingerprint density at radius 2 is 1.98 bits per heavy atom. The second kappa shape index (κ2) is 10.4. The molecule has 1 unspecified atom stereocenters. The molecule has 10 heteroatoms. The largest absolute Gasteiger partial charge is 0.393 e. The first kappa shape index (κ1) is 26.7. The summed E-state index contributed by atoms with van der Waals surface area (Å²) in [5, 5.41) is 13.5. The van der Waals surface area contributed by atoms with Crippen molar-refractivity contribution in [1.82, 2.24) is 19.9 Å². The number of rotatable bonds is 5. The van der Waals surface area contributed by atoms with Gasteiger partial charge in [0.1, 0.15) is 11.6 Å². The van der Waals surface area contributed by atoms with Crippen LogP contribution in [0.5, 0.6) is 0 Å². The molecule has 8 rings (SSSR count). The Morgan fingerprint density at radius 3 is 2.74 bits per heavy atom. The molecular weight excluding hydrogens is 547 g/mol. The topological polar surface area (TPSA) is 107 Å². The van der Waals surface area contributed by atoms with Crippen molar-refractivity contribution < 1.29 is 14.2 Å². The number of likely N-dealkylation sites (tertiary alicyclic amines) is 1. The van der Waals surface area contributed by atoms with Gasteiger partial charge in [-0.05, 0) is 79.6 Å². The number of benzene rings is 1. The molecule has 3 aliphatic heterocycles. The summed E-state index contributed by atoms with van der Waals surface area (Å²) in [6.07, 6.45) is 7.57. The molecule has 43 heavy (non-hydrogen) atoms. The summed E-state index contributed by atoms with van der Waals surface area (Å²) in [6.45, 7) is 5.31. The Kier molecular flexibility index (Phi) is 6.47. The van der Waals surface area contributed by atoms with Crippen molar-refractivity contribution in [2.24, 2.45) is 5.41 Å². The zero-order chi connectivity index (χ0) is 29.1. The summed E-state index contributed by atoms with van der Waals surface area (Å²) in [5.74, 6) is 0.264. The maximum Gasteiger partial charge on any atom is 0.259 e. The number of aliphatic hydroxyl groups excluding tert-OH is 1. The molecule has 4 aromatic rings. The number of aromatic amines is 1. The number of hydrogen-bond donors (Lipinski definition) is 3. The molecule has 0 amide bonds. The van der Waals surface area contributed by atoms with Gasteiger partial charge in [0.15, 0.2) is 0 Å². The van der Waals surface area contributed by atoms with Crippen molar-refractivity contribution in [2.75, 3.05) is 49.6 Å². The number of hydrogen-bond acceptors (Lipinski definition) is 8. The van der Waals surface area contributed by atoms with Crippen LogP contribution in [0.2, 0.25) is 0 Å². The average Bonchev–Trinajstić information content (AvgIpc) is 3.64. The van der Waals surface area contributed by atoms with Gasteiger partial charge in [-0.25, -0.2) is 14.4 Å². The third-order valence-electron chi connectivity index (χ3n) is 9.82. The molecule has 4 aliphatic rings. The number of anilines is 3. The number of ether oxygens (including phenoxy) is 1. The summed E-state index contributed by atoms with van der Waals surface area (Å²) >= 11 is 0. The van der Waals surface area contributed by atoms with Crippen molar-refractivity contribution >= 4 is 28.1 Å². The maximum absolute atomic E-state index is 15.7. The zero-order valence-corrected chi connectivity index (χ0v) is 24.0. The lowest BCUT2D eigenvalue weighted by Crippen LogP contribution is -2.57. The zero-order valence-electron chi connectivity index (χ0n) is 24.0. The van der Waals surface area contributed by atoms with Crippen molar-refractivity contribution in [1.29, 1.82) is 0 Å². The Labute approximate surface area is 248 Å². The molecule has 0 radical (unpaired) electrons. The third-order valence-corrected chi connectivity index (χ3v) is 9.82. The van der Waals surface area contributed by atoms with Crippen LogP contribution in [0.15, 0.2) is 53.6 Å². The number of halogens is 1. The van der Waals surface area contributed by atoms with E-state index in [0.29, 0.717) is 39.1 Å². The van der Waals surface area contributed by atoms with Gasteiger partial charge in [-0.2, -0.15) is 0 Å². The highest BCUT2D eigenvalue weighted by molar-refractivity contribution is 5.94. The van der Waals surface area contributed by atoms with E-state index in [9.17, 15) is 9.90 Å². The number of pyridine rings is 3. The number of nitrogens with zero attached hydrogens (tertiary/aromatic N) is 4. The van der Waals surface area contributed by atoms with Gasteiger partial charge < -0.3 is 25.0 Å². The van der Waals surface area contributed by atoms with Crippen molar-refractivity contribution in [2.45, 2.75) is 44.2 Å². The van der Waals surface area contributed by atoms with Gasteiger partial charge in [-0.3, -0.25) is 9.69 Å². The lowest BCUT2D eigenvalue weighted by atomic mass is 9.78. The highest BCUT2D eigenvalue weighted by atomic mass is 19.1. The first-order valence-electron chi connectivity index (χ1n) is 15.3. The van der Waals surface area contributed by atoms with Gasteiger partial charge in [0.2, 0.25) is 0 Å². The fraction of sp³-hybridized carbons (Fsp3) is 0.424. The van der Waals surface area contributed by atoms with Crippen LogP contribution < -0.4 is 15.8 Å². The van der Waals surface area contributed by atoms with E-state index in [2.05, 4.69) is 25.1 Å². The van der Waals surface area contributed by atoms with Crippen LogP contribution in [0, 0.1) is 11.2 Å². The summed E-state index contributed by atoms with van der Waals surface area (Å²) in [5.41, 5.74) is 5.15. The van der Waals surface area contributed by atoms with E-state index < -0.39 is 0 Å². The van der Waals surface area contributed by atoms with Gasteiger partial charge in [-0.15, -0.1) is 0 Å². The Bertz CT molecular complexity index is 1740. The van der Waals surface area contributed by atoms with E-state index in [1.54, 1.807) is 30.6 Å². The maximum atomic E-state index is 15.7. The van der Waals surface area contributed by atoms with Crippen LogP contribution in [0.25, 0.3) is 22.2 Å². The molecular formula is C33H35FN6O3. The van der Waals surface area contributed by atoms with Crippen LogP contribution in [0.3, 0.4) is 0 Å². The Morgan fingerprint density at radius 1 is 1.12 bits per heavy atom. The summed E-state index contributed by atoms with van der Waals surface area (Å²) < 4.78 is 21.4. The van der Waals surface area contributed by atoms with Crippen LogP contribution in [0.1, 0.15) is 42.9 Å². The van der Waals surface area contributed by atoms with E-state index in [1.807, 2.05) is 18.2 Å². The van der Waals surface area contributed by atoms with Gasteiger partial charge in [0, 0.05) is 56.0 Å². The highest BCUT2D eigenvalue weighted by Crippen LogP contribution is 2.47. The van der Waals surface area contributed by atoms with E-state index in [0.717, 1.165) is 82.7 Å². The van der Waals surface area contributed by atoms with Crippen molar-refractivity contribution in [3.8, 4) is 11.3 Å².